The molecule has 0 aliphatic rings. The number of carbonyl (C=O) groups is 2. The maximum absolute atomic E-state index is 12.5. The highest BCUT2D eigenvalue weighted by atomic mass is 32.2. The molecule has 0 radical (unpaired) electrons. The van der Waals surface area contributed by atoms with Gasteiger partial charge in [-0.2, -0.15) is 0 Å². The molecule has 0 bridgehead atoms. The number of ether oxygens (including phenoxy) is 2. The molecule has 1 atom stereocenters. The quantitative estimate of drug-likeness (QED) is 0.655. The minimum absolute atomic E-state index is 0.0580. The summed E-state index contributed by atoms with van der Waals surface area (Å²) in [5.74, 6) is -0.506. The minimum Gasteiger partial charge on any atom is -0.489 e. The van der Waals surface area contributed by atoms with Crippen molar-refractivity contribution in [3.8, 4) is 11.5 Å². The summed E-state index contributed by atoms with van der Waals surface area (Å²) in [5.41, 5.74) is 0.351. The van der Waals surface area contributed by atoms with Gasteiger partial charge < -0.3 is 19.9 Å². The third-order valence-corrected chi connectivity index (χ3v) is 4.33. The first-order chi connectivity index (χ1) is 12.8. The molecule has 0 aliphatic heterocycles. The Morgan fingerprint density at radius 1 is 1.04 bits per heavy atom. The molecule has 0 fully saturated rings. The van der Waals surface area contributed by atoms with Gasteiger partial charge in [-0.15, -0.1) is 11.8 Å². The fraction of sp³-hybridized carbons (Fsp3) is 0.300. The van der Waals surface area contributed by atoms with Crippen LogP contribution in [0.2, 0.25) is 0 Å². The summed E-state index contributed by atoms with van der Waals surface area (Å²) >= 11 is 1.62. The Morgan fingerprint density at radius 3 is 2.26 bits per heavy atom. The van der Waals surface area contributed by atoms with Crippen molar-refractivity contribution >= 4 is 29.3 Å². The molecule has 0 aromatic heterocycles. The van der Waals surface area contributed by atoms with E-state index >= 15 is 0 Å². The molecule has 6 nitrogen and oxygen atoms in total. The van der Waals surface area contributed by atoms with E-state index in [2.05, 4.69) is 5.32 Å². The highest BCUT2D eigenvalue weighted by molar-refractivity contribution is 7.98. The van der Waals surface area contributed by atoms with E-state index in [-0.39, 0.29) is 11.7 Å². The van der Waals surface area contributed by atoms with Crippen LogP contribution in [0.25, 0.3) is 0 Å². The smallest absolute Gasteiger partial charge is 0.335 e. The maximum atomic E-state index is 12.5. The van der Waals surface area contributed by atoms with Crippen LogP contribution in [0, 0.1) is 0 Å². The number of rotatable bonds is 8. The van der Waals surface area contributed by atoms with Crippen molar-refractivity contribution in [3.63, 3.8) is 0 Å². The molecule has 7 heteroatoms. The number of aromatic carboxylic acids is 1. The zero-order chi connectivity index (χ0) is 20.0. The third-order valence-electron chi connectivity index (χ3n) is 3.59. The van der Waals surface area contributed by atoms with Crippen LogP contribution in [0.4, 0.5) is 5.69 Å². The number of hydrogen-bond donors (Lipinski definition) is 2. The van der Waals surface area contributed by atoms with E-state index in [0.717, 1.165) is 4.90 Å². The van der Waals surface area contributed by atoms with Crippen molar-refractivity contribution in [2.75, 3.05) is 11.6 Å². The molecule has 2 aromatic carbocycles. The first-order valence-electron chi connectivity index (χ1n) is 8.45. The lowest BCUT2D eigenvalue weighted by Crippen LogP contribution is -2.30. The second-order valence-corrected chi connectivity index (χ2v) is 6.99. The molecule has 0 heterocycles. The molecule has 27 heavy (non-hydrogen) atoms. The van der Waals surface area contributed by atoms with Gasteiger partial charge in [0.15, 0.2) is 6.10 Å². The highest BCUT2D eigenvalue weighted by Gasteiger charge is 2.18. The SMILES string of the molecule is CSc1ccc(OC(C)C(=O)Nc2cc(C(=O)O)ccc2OC(C)C)cc1. The van der Waals surface area contributed by atoms with Crippen LogP contribution in [0.15, 0.2) is 47.4 Å². The fourth-order valence-corrected chi connectivity index (χ4v) is 2.67. The lowest BCUT2D eigenvalue weighted by Gasteiger charge is -2.18. The molecular formula is C20H23NO5S. The Kier molecular flexibility index (Phi) is 7.12. The molecule has 2 N–H and O–H groups in total. The molecule has 0 spiro atoms. The average Bonchev–Trinajstić information content (AvgIpc) is 2.63. The molecule has 0 saturated carbocycles. The van der Waals surface area contributed by atoms with Gasteiger partial charge in [0.2, 0.25) is 0 Å². The van der Waals surface area contributed by atoms with E-state index in [9.17, 15) is 14.7 Å². The molecule has 1 amide bonds. The van der Waals surface area contributed by atoms with Gasteiger partial charge in [-0.3, -0.25) is 4.79 Å². The van der Waals surface area contributed by atoms with E-state index in [1.165, 1.54) is 18.2 Å². The number of nitrogens with one attached hydrogen (secondary N) is 1. The number of carbonyl (C=O) groups excluding carboxylic acids is 1. The highest BCUT2D eigenvalue weighted by Crippen LogP contribution is 2.27. The summed E-state index contributed by atoms with van der Waals surface area (Å²) in [6, 6.07) is 11.8. The Balaban J connectivity index is 2.14. The van der Waals surface area contributed by atoms with Gasteiger partial charge in [-0.05, 0) is 69.5 Å². The number of amides is 1. The predicted molar refractivity (Wildman–Crippen MR) is 106 cm³/mol. The normalized spacial score (nSPS) is 11.7. The maximum Gasteiger partial charge on any atom is 0.335 e. The molecule has 2 aromatic rings. The van der Waals surface area contributed by atoms with Crippen molar-refractivity contribution in [3.05, 3.63) is 48.0 Å². The van der Waals surface area contributed by atoms with Crippen molar-refractivity contribution in [2.45, 2.75) is 37.9 Å². The number of carboxylic acids is 1. The second kappa shape index (κ2) is 9.32. The van der Waals surface area contributed by atoms with Crippen LogP contribution < -0.4 is 14.8 Å². The first kappa shape index (κ1) is 20.6. The van der Waals surface area contributed by atoms with Crippen LogP contribution in [0.1, 0.15) is 31.1 Å². The van der Waals surface area contributed by atoms with E-state index in [1.807, 2.05) is 32.2 Å². The van der Waals surface area contributed by atoms with E-state index in [1.54, 1.807) is 30.8 Å². The molecule has 0 aliphatic carbocycles. The third kappa shape index (κ3) is 5.92. The van der Waals surface area contributed by atoms with Gasteiger partial charge in [-0.1, -0.05) is 0 Å². The molecular weight excluding hydrogens is 366 g/mol. The zero-order valence-electron chi connectivity index (χ0n) is 15.7. The van der Waals surface area contributed by atoms with Crippen LogP contribution in [-0.2, 0) is 4.79 Å². The van der Waals surface area contributed by atoms with Gasteiger partial charge in [0.1, 0.15) is 11.5 Å². The Morgan fingerprint density at radius 2 is 1.70 bits per heavy atom. The Bertz CT molecular complexity index is 805. The second-order valence-electron chi connectivity index (χ2n) is 6.11. The summed E-state index contributed by atoms with van der Waals surface area (Å²) in [5, 5.41) is 11.9. The predicted octanol–water partition coefficient (Wildman–Crippen LogP) is 4.30. The first-order valence-corrected chi connectivity index (χ1v) is 9.68. The Hall–Kier alpha value is -2.67. The standard InChI is InChI=1S/C20H23NO5S/c1-12(2)25-18-10-5-14(20(23)24)11-17(18)21-19(22)13(3)26-15-6-8-16(27-4)9-7-15/h5-13H,1-4H3,(H,21,22)(H,23,24). The molecule has 0 saturated heterocycles. The van der Waals surface area contributed by atoms with Crippen LogP contribution in [0.5, 0.6) is 11.5 Å². The molecule has 144 valence electrons. The zero-order valence-corrected chi connectivity index (χ0v) is 16.5. The average molecular weight is 389 g/mol. The topological polar surface area (TPSA) is 84.9 Å². The number of hydrogen-bond acceptors (Lipinski definition) is 5. The van der Waals surface area contributed by atoms with Crippen LogP contribution in [-0.4, -0.2) is 35.4 Å². The molecule has 1 unspecified atom stereocenters. The summed E-state index contributed by atoms with van der Waals surface area (Å²) in [6.45, 7) is 5.32. The summed E-state index contributed by atoms with van der Waals surface area (Å²) < 4.78 is 11.3. The largest absolute Gasteiger partial charge is 0.489 e. The van der Waals surface area contributed by atoms with Crippen LogP contribution >= 0.6 is 11.8 Å². The van der Waals surface area contributed by atoms with E-state index < -0.39 is 18.0 Å². The Labute approximate surface area is 162 Å². The van der Waals surface area contributed by atoms with Crippen molar-refractivity contribution in [1.82, 2.24) is 0 Å². The van der Waals surface area contributed by atoms with Gasteiger partial charge in [0.05, 0.1) is 17.4 Å². The van der Waals surface area contributed by atoms with Crippen molar-refractivity contribution in [2.24, 2.45) is 0 Å². The number of thioether (sulfide) groups is 1. The monoisotopic (exact) mass is 389 g/mol. The van der Waals surface area contributed by atoms with Crippen molar-refractivity contribution in [1.29, 1.82) is 0 Å². The van der Waals surface area contributed by atoms with Crippen molar-refractivity contribution < 1.29 is 24.2 Å². The van der Waals surface area contributed by atoms with Gasteiger partial charge in [0, 0.05) is 4.90 Å². The lowest BCUT2D eigenvalue weighted by atomic mass is 10.1. The minimum atomic E-state index is -1.08. The van der Waals surface area contributed by atoms with Gasteiger partial charge >= 0.3 is 5.97 Å². The summed E-state index contributed by atoms with van der Waals surface area (Å²) in [7, 11) is 0. The summed E-state index contributed by atoms with van der Waals surface area (Å²) in [6.07, 6.45) is 1.08. The van der Waals surface area contributed by atoms with Gasteiger partial charge in [-0.25, -0.2) is 4.79 Å². The number of benzene rings is 2. The number of anilines is 1. The lowest BCUT2D eigenvalue weighted by molar-refractivity contribution is -0.122. The van der Waals surface area contributed by atoms with Crippen LogP contribution in [0.3, 0.4) is 0 Å². The fourth-order valence-electron chi connectivity index (χ4n) is 2.26. The van der Waals surface area contributed by atoms with E-state index in [0.29, 0.717) is 17.2 Å². The summed E-state index contributed by atoms with van der Waals surface area (Å²) in [4.78, 5) is 24.8. The van der Waals surface area contributed by atoms with E-state index in [4.69, 9.17) is 9.47 Å². The van der Waals surface area contributed by atoms with Gasteiger partial charge in [0.25, 0.3) is 5.91 Å². The molecule has 2 rings (SSSR count). The number of carboxylic acid groups (broad SMARTS) is 1.